The van der Waals surface area contributed by atoms with Gasteiger partial charge in [-0.15, -0.1) is 0 Å². The van der Waals surface area contributed by atoms with Crippen LogP contribution in [-0.4, -0.2) is 51.0 Å². The van der Waals surface area contributed by atoms with Gasteiger partial charge in [-0.1, -0.05) is 23.3 Å². The van der Waals surface area contributed by atoms with Gasteiger partial charge in [0.2, 0.25) is 11.8 Å². The van der Waals surface area contributed by atoms with Gasteiger partial charge in [-0.2, -0.15) is 0 Å². The zero-order valence-corrected chi connectivity index (χ0v) is 21.2. The van der Waals surface area contributed by atoms with Crippen molar-refractivity contribution in [3.63, 3.8) is 0 Å². The molecule has 4 unspecified atom stereocenters. The molecule has 3 aliphatic carbocycles. The van der Waals surface area contributed by atoms with Gasteiger partial charge in [-0.05, 0) is 59.3 Å². The summed E-state index contributed by atoms with van der Waals surface area (Å²) >= 11 is 9.40. The number of carbonyl (C=O) groups excluding carboxylic acids is 4. The second kappa shape index (κ2) is 9.12. The number of hydrogen-bond donors (Lipinski definition) is 2. The van der Waals surface area contributed by atoms with Crippen LogP contribution in [0, 0.1) is 17.8 Å². The molecule has 1 aromatic carbocycles. The molecule has 36 heavy (non-hydrogen) atoms. The van der Waals surface area contributed by atoms with E-state index in [1.54, 1.807) is 6.07 Å². The smallest absolute Gasteiger partial charge is 0.303 e. The molecule has 4 atom stereocenters. The Labute approximate surface area is 219 Å². The summed E-state index contributed by atoms with van der Waals surface area (Å²) in [7, 11) is 0. The van der Waals surface area contributed by atoms with Crippen LogP contribution < -0.4 is 0 Å². The number of allylic oxidation sites excluding steroid dienone is 6. The molecule has 1 fully saturated rings. The summed E-state index contributed by atoms with van der Waals surface area (Å²) in [4.78, 5) is 65.0. The molecule has 4 aliphatic rings. The number of ketones is 2. The first-order chi connectivity index (χ1) is 17.1. The number of imide groups is 1. The lowest BCUT2D eigenvalue weighted by atomic mass is 9.59. The summed E-state index contributed by atoms with van der Waals surface area (Å²) in [6.07, 6.45) is 3.42. The van der Waals surface area contributed by atoms with Crippen molar-refractivity contribution >= 4 is 56.9 Å². The third kappa shape index (κ3) is 3.85. The number of carbonyl (C=O) groups is 5. The monoisotopic (exact) mass is 573 g/mol. The van der Waals surface area contributed by atoms with E-state index in [-0.39, 0.29) is 71.1 Å². The average Bonchev–Trinajstić information content (AvgIpc) is 3.07. The van der Waals surface area contributed by atoms with Crippen LogP contribution >= 0.6 is 27.5 Å². The lowest BCUT2D eigenvalue weighted by Gasteiger charge is -2.42. The van der Waals surface area contributed by atoms with Crippen molar-refractivity contribution in [1.29, 1.82) is 0 Å². The van der Waals surface area contributed by atoms with E-state index in [2.05, 4.69) is 15.9 Å². The minimum absolute atomic E-state index is 0.0111. The van der Waals surface area contributed by atoms with Crippen LogP contribution in [0.4, 0.5) is 0 Å². The van der Waals surface area contributed by atoms with Gasteiger partial charge in [0.15, 0.2) is 11.6 Å². The Kier molecular flexibility index (Phi) is 6.24. The summed E-state index contributed by atoms with van der Waals surface area (Å²) in [5, 5.41) is 20.0. The van der Waals surface area contributed by atoms with Crippen LogP contribution in [0.5, 0.6) is 5.75 Å². The maximum absolute atomic E-state index is 13.5. The maximum atomic E-state index is 13.5. The average molecular weight is 575 g/mol. The second-order valence-electron chi connectivity index (χ2n) is 9.42. The molecule has 10 heteroatoms. The molecule has 0 spiro atoms. The number of halogens is 2. The largest absolute Gasteiger partial charge is 0.508 e. The predicted molar refractivity (Wildman–Crippen MR) is 131 cm³/mol. The Balaban J connectivity index is 1.60. The molecule has 0 bridgehead atoms. The molecular weight excluding hydrogens is 554 g/mol. The fraction of sp³-hybridized carbons (Fsp3) is 0.346. The lowest BCUT2D eigenvalue weighted by molar-refractivity contribution is -0.142. The number of likely N-dealkylation sites (tertiary alicyclic amines) is 1. The standard InChI is InChI=1S/C26H21BrClNO7/c27-17-10-19(31)23-16(24(17)34)9-14-12(21(23)15-8-11(28)3-6-18(15)30)4-5-13-22(14)26(36)29(25(13)35)7-1-2-20(32)33/h3-4,6,8,10,13-14,21-22,30H,1-2,5,7,9H2,(H,32,33). The molecule has 0 saturated carbocycles. The molecule has 8 nitrogen and oxygen atoms in total. The lowest BCUT2D eigenvalue weighted by Crippen LogP contribution is -2.39. The first kappa shape index (κ1) is 24.6. The number of amides is 2. The summed E-state index contributed by atoms with van der Waals surface area (Å²) < 4.78 is 0.115. The maximum Gasteiger partial charge on any atom is 0.303 e. The third-order valence-corrected chi connectivity index (χ3v) is 8.32. The number of phenols is 1. The van der Waals surface area contributed by atoms with Gasteiger partial charge in [0, 0.05) is 46.7 Å². The number of carboxylic acid groups (broad SMARTS) is 1. The molecule has 1 aromatic rings. The number of rotatable bonds is 5. The molecule has 1 aliphatic heterocycles. The second-order valence-corrected chi connectivity index (χ2v) is 10.7. The van der Waals surface area contributed by atoms with Crippen molar-refractivity contribution in [2.45, 2.75) is 31.6 Å². The van der Waals surface area contributed by atoms with Crippen LogP contribution in [0.2, 0.25) is 5.02 Å². The van der Waals surface area contributed by atoms with E-state index >= 15 is 0 Å². The Hall–Kier alpha value is -3.04. The van der Waals surface area contributed by atoms with Crippen LogP contribution in [0.25, 0.3) is 0 Å². The van der Waals surface area contributed by atoms with Gasteiger partial charge in [0.25, 0.3) is 0 Å². The van der Waals surface area contributed by atoms with Gasteiger partial charge < -0.3 is 10.2 Å². The van der Waals surface area contributed by atoms with Gasteiger partial charge in [-0.3, -0.25) is 28.9 Å². The van der Waals surface area contributed by atoms with Gasteiger partial charge >= 0.3 is 5.97 Å². The minimum atomic E-state index is -1.01. The fourth-order valence-electron chi connectivity index (χ4n) is 5.99. The van der Waals surface area contributed by atoms with Gasteiger partial charge in [0.1, 0.15) is 5.75 Å². The van der Waals surface area contributed by atoms with Crippen molar-refractivity contribution in [2.24, 2.45) is 17.8 Å². The van der Waals surface area contributed by atoms with Crippen molar-refractivity contribution in [3.8, 4) is 5.75 Å². The predicted octanol–water partition coefficient (Wildman–Crippen LogP) is 3.67. The number of carboxylic acids is 1. The molecule has 2 N–H and O–H groups in total. The molecule has 2 amide bonds. The Bertz CT molecular complexity index is 1340. The highest BCUT2D eigenvalue weighted by Gasteiger charge is 2.56. The molecule has 1 heterocycles. The summed E-state index contributed by atoms with van der Waals surface area (Å²) in [6, 6.07) is 4.48. The van der Waals surface area contributed by atoms with Crippen molar-refractivity contribution in [2.75, 3.05) is 6.54 Å². The SMILES string of the molecule is O=C(O)CCCN1C(=O)C2CC=C3C(c4cc(Cl)ccc4O)C4=C(CC3C2C1=O)C(=O)C(Br)=CC4=O. The Morgan fingerprint density at radius 3 is 2.61 bits per heavy atom. The van der Waals surface area contributed by atoms with Crippen LogP contribution in [0.15, 0.2) is 51.6 Å². The normalized spacial score (nSPS) is 27.4. The molecule has 1 saturated heterocycles. The number of aliphatic carboxylic acids is 1. The van der Waals surface area contributed by atoms with Crippen molar-refractivity contribution < 1.29 is 34.2 Å². The van der Waals surface area contributed by atoms with E-state index in [1.165, 1.54) is 18.2 Å². The fourth-order valence-corrected chi connectivity index (χ4v) is 6.62. The number of nitrogens with zero attached hydrogens (tertiary/aromatic N) is 1. The number of aromatic hydroxyl groups is 1. The first-order valence-corrected chi connectivity index (χ1v) is 12.7. The molecule has 5 rings (SSSR count). The summed E-state index contributed by atoms with van der Waals surface area (Å²) in [5.41, 5.74) is 1.56. The quantitative estimate of drug-likeness (QED) is 0.312. The van der Waals surface area contributed by atoms with Gasteiger partial charge in [0.05, 0.1) is 16.3 Å². The topological polar surface area (TPSA) is 129 Å². The Morgan fingerprint density at radius 2 is 1.89 bits per heavy atom. The number of benzene rings is 1. The van der Waals surface area contributed by atoms with E-state index in [4.69, 9.17) is 16.7 Å². The van der Waals surface area contributed by atoms with E-state index < -0.39 is 35.5 Å². The number of hydrogen-bond acceptors (Lipinski definition) is 6. The van der Waals surface area contributed by atoms with Crippen molar-refractivity contribution in [1.82, 2.24) is 4.90 Å². The Morgan fingerprint density at radius 1 is 1.14 bits per heavy atom. The van der Waals surface area contributed by atoms with E-state index in [1.807, 2.05) is 6.08 Å². The molecule has 0 aromatic heterocycles. The molecule has 186 valence electrons. The van der Waals surface area contributed by atoms with Crippen LogP contribution in [0.3, 0.4) is 0 Å². The number of Topliss-reactive ketones (excluding diaryl/α,β-unsaturated/α-hetero) is 1. The zero-order valence-electron chi connectivity index (χ0n) is 18.9. The summed E-state index contributed by atoms with van der Waals surface area (Å²) in [6.45, 7) is 0.0111. The van der Waals surface area contributed by atoms with E-state index in [0.29, 0.717) is 16.2 Å². The highest BCUT2D eigenvalue weighted by molar-refractivity contribution is 9.12. The van der Waals surface area contributed by atoms with Crippen LogP contribution in [-0.2, 0) is 24.0 Å². The minimum Gasteiger partial charge on any atom is -0.508 e. The van der Waals surface area contributed by atoms with Crippen molar-refractivity contribution in [3.05, 3.63) is 62.1 Å². The van der Waals surface area contributed by atoms with E-state index in [9.17, 15) is 29.1 Å². The molecular formula is C26H21BrClNO7. The highest BCUT2D eigenvalue weighted by Crippen LogP contribution is 2.56. The number of phenolic OH excluding ortho intramolecular Hbond substituents is 1. The van der Waals surface area contributed by atoms with Gasteiger partial charge in [-0.25, -0.2) is 0 Å². The van der Waals surface area contributed by atoms with Crippen LogP contribution in [0.1, 0.15) is 37.2 Å². The van der Waals surface area contributed by atoms with E-state index in [0.717, 1.165) is 4.90 Å². The highest BCUT2D eigenvalue weighted by atomic mass is 79.9. The first-order valence-electron chi connectivity index (χ1n) is 11.5. The summed E-state index contributed by atoms with van der Waals surface area (Å²) in [5.74, 6) is -5.29. The zero-order chi connectivity index (χ0) is 25.9. The molecule has 0 radical (unpaired) electrons. The number of fused-ring (bicyclic) bond motifs is 3. The third-order valence-electron chi connectivity index (χ3n) is 7.50.